The van der Waals surface area contributed by atoms with Gasteiger partial charge in [-0.2, -0.15) is 11.3 Å². The first-order valence-electron chi connectivity index (χ1n) is 6.41. The Morgan fingerprint density at radius 1 is 1.21 bits per heavy atom. The van der Waals surface area contributed by atoms with Gasteiger partial charge in [-0.15, -0.1) is 0 Å². The number of rotatable bonds is 5. The van der Waals surface area contributed by atoms with Gasteiger partial charge < -0.3 is 0 Å². The molecule has 3 rings (SSSR count). The first kappa shape index (κ1) is 13.3. The molecule has 2 aromatic rings. The van der Waals surface area contributed by atoms with Gasteiger partial charge in [-0.3, -0.25) is 4.90 Å². The Kier molecular flexibility index (Phi) is 4.01. The largest absolute Gasteiger partial charge is 0.292 e. The summed E-state index contributed by atoms with van der Waals surface area (Å²) in [7, 11) is 0. The molecule has 0 aliphatic heterocycles. The average molecular weight is 340 g/mol. The van der Waals surface area contributed by atoms with Gasteiger partial charge in [0, 0.05) is 19.1 Å². The van der Waals surface area contributed by atoms with Crippen molar-refractivity contribution < 1.29 is 4.39 Å². The van der Waals surface area contributed by atoms with Gasteiger partial charge in [-0.25, -0.2) is 4.39 Å². The van der Waals surface area contributed by atoms with E-state index < -0.39 is 0 Å². The quantitative estimate of drug-likeness (QED) is 0.755. The summed E-state index contributed by atoms with van der Waals surface area (Å²) in [6.45, 7) is 1.88. The van der Waals surface area contributed by atoms with Crippen molar-refractivity contribution in [1.29, 1.82) is 0 Å². The number of halogens is 2. The van der Waals surface area contributed by atoms with Crippen LogP contribution in [-0.4, -0.2) is 10.9 Å². The van der Waals surface area contributed by atoms with E-state index in [-0.39, 0.29) is 5.82 Å². The summed E-state index contributed by atoms with van der Waals surface area (Å²) in [4.78, 5) is 2.49. The summed E-state index contributed by atoms with van der Waals surface area (Å²) in [5.74, 6) is -0.195. The molecule has 19 heavy (non-hydrogen) atoms. The van der Waals surface area contributed by atoms with Crippen LogP contribution in [0.25, 0.3) is 0 Å². The van der Waals surface area contributed by atoms with Gasteiger partial charge in [0.1, 0.15) is 5.82 Å². The zero-order chi connectivity index (χ0) is 13.2. The molecule has 100 valence electrons. The SMILES string of the molecule is Fc1ccc(CN(Cc2ccsc2)C2CC2)cc1Br. The number of nitrogens with zero attached hydrogens (tertiary/aromatic N) is 1. The minimum absolute atomic E-state index is 0.195. The molecule has 0 radical (unpaired) electrons. The van der Waals surface area contributed by atoms with Crippen molar-refractivity contribution in [3.63, 3.8) is 0 Å². The van der Waals surface area contributed by atoms with E-state index in [0.717, 1.165) is 18.7 Å². The normalized spacial score (nSPS) is 15.1. The molecule has 0 spiro atoms. The van der Waals surface area contributed by atoms with Crippen LogP contribution in [0.5, 0.6) is 0 Å². The van der Waals surface area contributed by atoms with Crippen molar-refractivity contribution in [3.8, 4) is 0 Å². The fraction of sp³-hybridized carbons (Fsp3) is 0.333. The predicted molar refractivity (Wildman–Crippen MR) is 80.7 cm³/mol. The minimum Gasteiger partial charge on any atom is -0.292 e. The van der Waals surface area contributed by atoms with Gasteiger partial charge >= 0.3 is 0 Å². The van der Waals surface area contributed by atoms with Crippen LogP contribution in [-0.2, 0) is 13.1 Å². The highest BCUT2D eigenvalue weighted by Gasteiger charge is 2.29. The predicted octanol–water partition coefficient (Wildman–Crippen LogP) is 4.81. The third-order valence-electron chi connectivity index (χ3n) is 3.40. The molecule has 1 aliphatic rings. The molecule has 1 nitrogen and oxygen atoms in total. The zero-order valence-electron chi connectivity index (χ0n) is 10.5. The fourth-order valence-corrected chi connectivity index (χ4v) is 3.33. The van der Waals surface area contributed by atoms with E-state index in [0.29, 0.717) is 10.5 Å². The highest BCUT2D eigenvalue weighted by molar-refractivity contribution is 9.10. The minimum atomic E-state index is -0.195. The average Bonchev–Trinajstić information content (AvgIpc) is 3.12. The first-order chi connectivity index (χ1) is 9.22. The summed E-state index contributed by atoms with van der Waals surface area (Å²) >= 11 is 5.00. The number of hydrogen-bond donors (Lipinski definition) is 0. The van der Waals surface area contributed by atoms with Crippen LogP contribution in [0.3, 0.4) is 0 Å². The second-order valence-corrected chi connectivity index (χ2v) is 6.65. The Balaban J connectivity index is 1.72. The lowest BCUT2D eigenvalue weighted by molar-refractivity contribution is 0.246. The standard InChI is InChI=1S/C15H15BrFNS/c16-14-7-11(1-4-15(14)17)8-18(13-2-3-13)9-12-5-6-19-10-12/h1,4-7,10,13H,2-3,8-9H2. The monoisotopic (exact) mass is 339 g/mol. The van der Waals surface area contributed by atoms with Crippen molar-refractivity contribution in [2.24, 2.45) is 0 Å². The molecule has 1 aromatic heterocycles. The van der Waals surface area contributed by atoms with E-state index in [2.05, 4.69) is 37.7 Å². The van der Waals surface area contributed by atoms with E-state index in [4.69, 9.17) is 0 Å². The summed E-state index contributed by atoms with van der Waals surface area (Å²) in [5, 5.41) is 4.32. The van der Waals surface area contributed by atoms with Crippen LogP contribution in [0.15, 0.2) is 39.5 Å². The molecule has 1 aliphatic carbocycles. The van der Waals surface area contributed by atoms with Crippen LogP contribution in [0.2, 0.25) is 0 Å². The maximum atomic E-state index is 13.3. The van der Waals surface area contributed by atoms with E-state index in [9.17, 15) is 4.39 Å². The molecular weight excluding hydrogens is 325 g/mol. The van der Waals surface area contributed by atoms with Crippen LogP contribution in [0, 0.1) is 5.82 Å². The molecule has 1 aromatic carbocycles. The maximum Gasteiger partial charge on any atom is 0.137 e. The van der Waals surface area contributed by atoms with E-state index in [1.807, 2.05) is 12.1 Å². The topological polar surface area (TPSA) is 3.24 Å². The van der Waals surface area contributed by atoms with Crippen molar-refractivity contribution >= 4 is 27.3 Å². The Labute approximate surface area is 125 Å². The summed E-state index contributed by atoms with van der Waals surface area (Å²) in [5.41, 5.74) is 2.54. The molecule has 0 unspecified atom stereocenters. The van der Waals surface area contributed by atoms with Gasteiger partial charge in [0.2, 0.25) is 0 Å². The van der Waals surface area contributed by atoms with Gasteiger partial charge in [-0.05, 0) is 68.9 Å². The zero-order valence-corrected chi connectivity index (χ0v) is 12.9. The lowest BCUT2D eigenvalue weighted by atomic mass is 10.2. The molecule has 0 atom stereocenters. The third kappa shape index (κ3) is 3.44. The van der Waals surface area contributed by atoms with Crippen LogP contribution >= 0.6 is 27.3 Å². The lowest BCUT2D eigenvalue weighted by Crippen LogP contribution is -2.24. The molecule has 0 saturated heterocycles. The second kappa shape index (κ2) is 5.73. The van der Waals surface area contributed by atoms with E-state index in [1.165, 1.54) is 24.5 Å². The molecule has 1 heterocycles. The van der Waals surface area contributed by atoms with Gasteiger partial charge in [0.25, 0.3) is 0 Å². The van der Waals surface area contributed by atoms with Crippen molar-refractivity contribution in [2.45, 2.75) is 32.0 Å². The molecule has 0 amide bonds. The smallest absolute Gasteiger partial charge is 0.137 e. The van der Waals surface area contributed by atoms with Crippen LogP contribution in [0.4, 0.5) is 4.39 Å². The number of benzene rings is 1. The van der Waals surface area contributed by atoms with Crippen LogP contribution in [0.1, 0.15) is 24.0 Å². The highest BCUT2D eigenvalue weighted by Crippen LogP contribution is 2.30. The summed E-state index contributed by atoms with van der Waals surface area (Å²) in [6, 6.07) is 8.18. The lowest BCUT2D eigenvalue weighted by Gasteiger charge is -2.21. The summed E-state index contributed by atoms with van der Waals surface area (Å²) in [6.07, 6.45) is 2.57. The molecule has 1 saturated carbocycles. The second-order valence-electron chi connectivity index (χ2n) is 5.02. The third-order valence-corrected chi connectivity index (χ3v) is 4.74. The molecule has 4 heteroatoms. The molecule has 0 bridgehead atoms. The molecular formula is C15H15BrFNS. The van der Waals surface area contributed by atoms with Crippen molar-refractivity contribution in [3.05, 3.63) is 56.4 Å². The number of thiophene rings is 1. The van der Waals surface area contributed by atoms with Gasteiger partial charge in [0.05, 0.1) is 4.47 Å². The molecule has 1 fully saturated rings. The molecule has 0 N–H and O–H groups in total. The van der Waals surface area contributed by atoms with Crippen molar-refractivity contribution in [2.75, 3.05) is 0 Å². The van der Waals surface area contributed by atoms with Crippen LogP contribution < -0.4 is 0 Å². The van der Waals surface area contributed by atoms with Gasteiger partial charge in [0.15, 0.2) is 0 Å². The van der Waals surface area contributed by atoms with Crippen molar-refractivity contribution in [1.82, 2.24) is 4.90 Å². The van der Waals surface area contributed by atoms with E-state index >= 15 is 0 Å². The summed E-state index contributed by atoms with van der Waals surface area (Å²) < 4.78 is 13.8. The highest BCUT2D eigenvalue weighted by atomic mass is 79.9. The number of hydrogen-bond acceptors (Lipinski definition) is 2. The fourth-order valence-electron chi connectivity index (χ4n) is 2.24. The van der Waals surface area contributed by atoms with Gasteiger partial charge in [-0.1, -0.05) is 6.07 Å². The Morgan fingerprint density at radius 2 is 2.00 bits per heavy atom. The Bertz CT molecular complexity index is 551. The maximum absolute atomic E-state index is 13.3. The Hall–Kier alpha value is -0.710. The Morgan fingerprint density at radius 3 is 2.63 bits per heavy atom. The first-order valence-corrected chi connectivity index (χ1v) is 8.15. The van der Waals surface area contributed by atoms with E-state index in [1.54, 1.807) is 11.3 Å².